The molecule has 192 valence electrons. The molecule has 0 fully saturated rings. The van der Waals surface area contributed by atoms with E-state index < -0.39 is 0 Å². The lowest BCUT2D eigenvalue weighted by Crippen LogP contribution is -2.00. The molecule has 3 nitrogen and oxygen atoms in total. The second-order valence-corrected chi connectivity index (χ2v) is 10.2. The van der Waals surface area contributed by atoms with Crippen molar-refractivity contribution in [1.29, 1.82) is 0 Å². The number of aromatic nitrogens is 2. The van der Waals surface area contributed by atoms with E-state index in [0.29, 0.717) is 16.9 Å². The fourth-order valence-corrected chi connectivity index (χ4v) is 6.29. The second-order valence-electron chi connectivity index (χ2n) is 10.2. The predicted molar refractivity (Wildman–Crippen MR) is 167 cm³/mol. The van der Waals surface area contributed by atoms with Crippen LogP contribution in [0.2, 0.25) is 0 Å². The van der Waals surface area contributed by atoms with E-state index in [0.717, 1.165) is 44.1 Å². The zero-order chi connectivity index (χ0) is 27.5. The molecular weight excluding hydrogens is 505 g/mol. The van der Waals surface area contributed by atoms with Crippen molar-refractivity contribution in [3.8, 4) is 22.5 Å². The Morgan fingerprint density at radius 2 is 0.927 bits per heavy atom. The number of rotatable bonds is 3. The fourth-order valence-electron chi connectivity index (χ4n) is 6.29. The van der Waals surface area contributed by atoms with Crippen molar-refractivity contribution in [2.24, 2.45) is 0 Å². The van der Waals surface area contributed by atoms with Gasteiger partial charge in [0.25, 0.3) is 0 Å². The van der Waals surface area contributed by atoms with E-state index in [1.807, 2.05) is 65.2 Å². The van der Waals surface area contributed by atoms with Gasteiger partial charge in [-0.05, 0) is 48.0 Å². The Labute approximate surface area is 235 Å². The van der Waals surface area contributed by atoms with Crippen LogP contribution >= 0.6 is 0 Å². The van der Waals surface area contributed by atoms with Crippen LogP contribution in [-0.2, 0) is 0 Å². The smallest absolute Gasteiger partial charge is 0.211 e. The topological polar surface area (TPSA) is 14.2 Å². The van der Waals surface area contributed by atoms with Gasteiger partial charge in [0.2, 0.25) is 5.69 Å². The van der Waals surface area contributed by atoms with E-state index in [2.05, 4.69) is 70.1 Å². The summed E-state index contributed by atoms with van der Waals surface area (Å²) in [5.74, 6) is -0.362. The first kappa shape index (κ1) is 23.2. The first-order valence-corrected chi connectivity index (χ1v) is 13.5. The van der Waals surface area contributed by atoms with Gasteiger partial charge in [0.15, 0.2) is 0 Å². The van der Waals surface area contributed by atoms with Crippen LogP contribution in [-0.4, -0.2) is 9.13 Å². The Morgan fingerprint density at radius 1 is 0.488 bits per heavy atom. The molecule has 0 unspecified atom stereocenters. The summed E-state index contributed by atoms with van der Waals surface area (Å²) in [5.41, 5.74) is 7.20. The lowest BCUT2D eigenvalue weighted by molar-refractivity contribution is 0.631. The van der Waals surface area contributed by atoms with Crippen molar-refractivity contribution in [3.05, 3.63) is 151 Å². The average molecular weight is 528 g/mol. The molecule has 8 aromatic rings. The molecule has 41 heavy (non-hydrogen) atoms. The van der Waals surface area contributed by atoms with Crippen LogP contribution in [0.1, 0.15) is 0 Å². The van der Waals surface area contributed by atoms with Gasteiger partial charge in [-0.1, -0.05) is 91.0 Å². The third kappa shape index (κ3) is 3.36. The highest BCUT2D eigenvalue weighted by molar-refractivity contribution is 6.11. The standard InChI is InChI=1S/C37H22FN3/c1-39-31-23-22-30(38)36(37(31)41-34-16-8-4-12-28(34)29-13-5-9-17-35(29)41)24-18-20-25(21-19-24)40-32-14-6-2-10-26(32)27-11-3-7-15-33(27)40/h2-23H. The first-order valence-electron chi connectivity index (χ1n) is 13.5. The van der Waals surface area contributed by atoms with Crippen molar-refractivity contribution in [2.45, 2.75) is 0 Å². The summed E-state index contributed by atoms with van der Waals surface area (Å²) in [7, 11) is 0. The summed E-state index contributed by atoms with van der Waals surface area (Å²) in [6, 6.07) is 43.9. The molecule has 6 aromatic carbocycles. The molecule has 0 aliphatic heterocycles. The summed E-state index contributed by atoms with van der Waals surface area (Å²) in [4.78, 5) is 3.85. The van der Waals surface area contributed by atoms with Crippen LogP contribution in [0.25, 0.3) is 71.0 Å². The summed E-state index contributed by atoms with van der Waals surface area (Å²) in [6.07, 6.45) is 0. The fraction of sp³-hybridized carbons (Fsp3) is 0. The van der Waals surface area contributed by atoms with Crippen molar-refractivity contribution in [3.63, 3.8) is 0 Å². The molecule has 0 N–H and O–H groups in total. The van der Waals surface area contributed by atoms with Gasteiger partial charge >= 0.3 is 0 Å². The van der Waals surface area contributed by atoms with Crippen molar-refractivity contribution >= 4 is 49.3 Å². The highest BCUT2D eigenvalue weighted by atomic mass is 19.1. The number of hydrogen-bond donors (Lipinski definition) is 0. The number of halogens is 1. The molecule has 2 aromatic heterocycles. The lowest BCUT2D eigenvalue weighted by atomic mass is 10.0. The Kier molecular flexibility index (Phi) is 5.07. The van der Waals surface area contributed by atoms with Crippen molar-refractivity contribution in [1.82, 2.24) is 9.13 Å². The predicted octanol–water partition coefficient (Wildman–Crippen LogP) is 10.2. The lowest BCUT2D eigenvalue weighted by Gasteiger charge is -2.17. The third-order valence-corrected chi connectivity index (χ3v) is 8.02. The van der Waals surface area contributed by atoms with Gasteiger partial charge in [-0.2, -0.15) is 0 Å². The van der Waals surface area contributed by atoms with Crippen molar-refractivity contribution in [2.75, 3.05) is 0 Å². The van der Waals surface area contributed by atoms with E-state index in [9.17, 15) is 0 Å². The van der Waals surface area contributed by atoms with E-state index in [4.69, 9.17) is 6.57 Å². The molecule has 0 aliphatic carbocycles. The molecule has 4 heteroatoms. The van der Waals surface area contributed by atoms with Crippen molar-refractivity contribution < 1.29 is 4.39 Å². The summed E-state index contributed by atoms with van der Waals surface area (Å²) in [6.45, 7) is 8.00. The summed E-state index contributed by atoms with van der Waals surface area (Å²) >= 11 is 0. The molecule has 0 saturated carbocycles. The third-order valence-electron chi connectivity index (χ3n) is 8.02. The zero-order valence-electron chi connectivity index (χ0n) is 21.9. The number of benzene rings is 6. The normalized spacial score (nSPS) is 11.5. The van der Waals surface area contributed by atoms with Crippen LogP contribution < -0.4 is 0 Å². The van der Waals surface area contributed by atoms with Gasteiger partial charge in [0.05, 0.1) is 34.3 Å². The van der Waals surface area contributed by atoms with Crippen LogP contribution in [0, 0.1) is 12.4 Å². The Bertz CT molecular complexity index is 2230. The molecule has 0 amide bonds. The number of nitrogens with zero attached hydrogens (tertiary/aromatic N) is 3. The quantitative estimate of drug-likeness (QED) is 0.203. The average Bonchev–Trinajstić information content (AvgIpc) is 3.54. The van der Waals surface area contributed by atoms with E-state index in [-0.39, 0.29) is 5.82 Å². The van der Waals surface area contributed by atoms with Gasteiger partial charge in [0.1, 0.15) is 5.82 Å². The monoisotopic (exact) mass is 527 g/mol. The second kappa shape index (κ2) is 8.94. The molecule has 0 spiro atoms. The van der Waals surface area contributed by atoms with Crippen LogP contribution in [0.3, 0.4) is 0 Å². The van der Waals surface area contributed by atoms with Crippen LogP contribution in [0.15, 0.2) is 133 Å². The molecule has 2 heterocycles. The molecule has 0 radical (unpaired) electrons. The van der Waals surface area contributed by atoms with E-state index in [1.165, 1.54) is 16.8 Å². The molecule has 0 atom stereocenters. The molecule has 0 bridgehead atoms. The maximum atomic E-state index is 15.9. The van der Waals surface area contributed by atoms with Crippen LogP contribution in [0.4, 0.5) is 10.1 Å². The SMILES string of the molecule is [C-]#[N+]c1ccc(F)c(-c2ccc(-n3c4ccccc4c4ccccc43)cc2)c1-n1c2ccccc2c2ccccc21. The maximum Gasteiger partial charge on any atom is 0.211 e. The zero-order valence-corrected chi connectivity index (χ0v) is 21.9. The Balaban J connectivity index is 1.38. The minimum absolute atomic E-state index is 0.362. The van der Waals surface area contributed by atoms with Crippen LogP contribution in [0.5, 0.6) is 0 Å². The van der Waals surface area contributed by atoms with Gasteiger partial charge in [-0.15, -0.1) is 0 Å². The highest BCUT2D eigenvalue weighted by Crippen LogP contribution is 2.42. The van der Waals surface area contributed by atoms with Gasteiger partial charge in [-0.25, -0.2) is 9.24 Å². The number of para-hydroxylation sites is 4. The molecule has 0 aliphatic rings. The molecule has 8 rings (SSSR count). The maximum absolute atomic E-state index is 15.9. The van der Waals surface area contributed by atoms with E-state index >= 15 is 4.39 Å². The van der Waals surface area contributed by atoms with E-state index in [1.54, 1.807) is 6.07 Å². The largest absolute Gasteiger partial charge is 0.318 e. The van der Waals surface area contributed by atoms with Gasteiger partial charge < -0.3 is 9.13 Å². The highest BCUT2D eigenvalue weighted by Gasteiger charge is 2.22. The number of hydrogen-bond acceptors (Lipinski definition) is 0. The van der Waals surface area contributed by atoms with Gasteiger partial charge in [0, 0.05) is 32.8 Å². The number of fused-ring (bicyclic) bond motifs is 6. The first-order chi connectivity index (χ1) is 20.2. The Hall–Kier alpha value is -5.66. The van der Waals surface area contributed by atoms with Gasteiger partial charge in [-0.3, -0.25) is 0 Å². The summed E-state index contributed by atoms with van der Waals surface area (Å²) in [5, 5.41) is 4.51. The molecular formula is C37H22FN3. The minimum Gasteiger partial charge on any atom is -0.318 e. The minimum atomic E-state index is -0.362. The Morgan fingerprint density at radius 3 is 1.39 bits per heavy atom. The summed E-state index contributed by atoms with van der Waals surface area (Å²) < 4.78 is 20.2. The molecule has 0 saturated heterocycles.